The Morgan fingerprint density at radius 1 is 1.17 bits per heavy atom. The molecule has 23 heavy (non-hydrogen) atoms. The fourth-order valence-electron chi connectivity index (χ4n) is 3.46. The summed E-state index contributed by atoms with van der Waals surface area (Å²) in [6, 6.07) is -1.00. The van der Waals surface area contributed by atoms with Crippen LogP contribution in [0.25, 0.3) is 0 Å². The Morgan fingerprint density at radius 2 is 1.70 bits per heavy atom. The third-order valence-corrected chi connectivity index (χ3v) is 4.57. The van der Waals surface area contributed by atoms with Gasteiger partial charge in [-0.15, -0.1) is 0 Å². The van der Waals surface area contributed by atoms with Gasteiger partial charge in [0, 0.05) is 0 Å². The lowest BCUT2D eigenvalue weighted by molar-refractivity contribution is -0.145. The number of amides is 3. The summed E-state index contributed by atoms with van der Waals surface area (Å²) >= 11 is 0. The van der Waals surface area contributed by atoms with Crippen LogP contribution in [0.5, 0.6) is 0 Å². The molecule has 1 heterocycles. The highest BCUT2D eigenvalue weighted by Crippen LogP contribution is 2.37. The molecule has 0 aromatic heterocycles. The van der Waals surface area contributed by atoms with Gasteiger partial charge in [-0.3, -0.25) is 19.3 Å². The number of hydrogen-bond donors (Lipinski definition) is 2. The molecule has 3 amide bonds. The SMILES string of the molecule is CC(C)C[C@@H](NC(=O)CN1C(=O)C2CCCCC2C1=O)C(=O)O. The number of carbonyl (C=O) groups excluding carboxylic acids is 3. The number of hydrogen-bond acceptors (Lipinski definition) is 4. The van der Waals surface area contributed by atoms with Crippen molar-refractivity contribution in [2.45, 2.75) is 52.0 Å². The number of rotatable bonds is 6. The first-order chi connectivity index (χ1) is 10.8. The van der Waals surface area contributed by atoms with E-state index >= 15 is 0 Å². The molecule has 1 aliphatic carbocycles. The summed E-state index contributed by atoms with van der Waals surface area (Å²) in [5, 5.41) is 11.6. The van der Waals surface area contributed by atoms with Crippen molar-refractivity contribution in [3.05, 3.63) is 0 Å². The zero-order chi connectivity index (χ0) is 17.1. The summed E-state index contributed by atoms with van der Waals surface area (Å²) in [7, 11) is 0. The van der Waals surface area contributed by atoms with Gasteiger partial charge >= 0.3 is 5.97 Å². The van der Waals surface area contributed by atoms with Crippen molar-refractivity contribution < 1.29 is 24.3 Å². The standard InChI is InChI=1S/C16H24N2O5/c1-9(2)7-12(16(22)23)17-13(19)8-18-14(20)10-5-3-4-6-11(10)15(18)21/h9-12H,3-8H2,1-2H3,(H,17,19)(H,22,23)/t10?,11?,12-/m1/s1. The minimum atomic E-state index is -1.11. The molecule has 7 nitrogen and oxygen atoms in total. The normalized spacial score (nSPS) is 25.4. The van der Waals surface area contributed by atoms with E-state index in [0.29, 0.717) is 19.3 Å². The average molecular weight is 324 g/mol. The summed E-state index contributed by atoms with van der Waals surface area (Å²) in [6.45, 7) is 3.34. The van der Waals surface area contributed by atoms with Gasteiger partial charge in [-0.1, -0.05) is 26.7 Å². The number of fused-ring (bicyclic) bond motifs is 1. The van der Waals surface area contributed by atoms with Crippen molar-refractivity contribution in [3.8, 4) is 0 Å². The first-order valence-electron chi connectivity index (χ1n) is 8.18. The van der Waals surface area contributed by atoms with Crippen LogP contribution in [-0.4, -0.2) is 46.3 Å². The number of aliphatic carboxylic acids is 1. The highest BCUT2D eigenvalue weighted by atomic mass is 16.4. The first kappa shape index (κ1) is 17.4. The minimum absolute atomic E-state index is 0.106. The highest BCUT2D eigenvalue weighted by Gasteiger charge is 2.48. The lowest BCUT2D eigenvalue weighted by Crippen LogP contribution is -2.47. The smallest absolute Gasteiger partial charge is 0.326 e. The molecule has 2 fully saturated rings. The van der Waals surface area contributed by atoms with Gasteiger partial charge in [-0.05, 0) is 25.2 Å². The van der Waals surface area contributed by atoms with E-state index in [1.165, 1.54) is 0 Å². The molecule has 2 rings (SSSR count). The molecule has 2 aliphatic rings. The van der Waals surface area contributed by atoms with E-state index in [1.54, 1.807) is 0 Å². The molecule has 3 atom stereocenters. The van der Waals surface area contributed by atoms with Crippen molar-refractivity contribution in [2.75, 3.05) is 6.54 Å². The molecular weight excluding hydrogens is 300 g/mol. The van der Waals surface area contributed by atoms with Gasteiger partial charge in [-0.2, -0.15) is 0 Å². The zero-order valence-corrected chi connectivity index (χ0v) is 13.6. The van der Waals surface area contributed by atoms with E-state index in [4.69, 9.17) is 5.11 Å². The predicted molar refractivity (Wildman–Crippen MR) is 81.2 cm³/mol. The number of carboxylic acids is 1. The molecule has 128 valence electrons. The summed E-state index contributed by atoms with van der Waals surface area (Å²) in [6.07, 6.45) is 3.54. The van der Waals surface area contributed by atoms with Crippen LogP contribution in [0, 0.1) is 17.8 Å². The Labute approximate surface area is 135 Å². The van der Waals surface area contributed by atoms with Crippen molar-refractivity contribution in [1.82, 2.24) is 10.2 Å². The van der Waals surface area contributed by atoms with E-state index in [2.05, 4.69) is 5.32 Å². The molecule has 2 N–H and O–H groups in total. The molecular formula is C16H24N2O5. The maximum absolute atomic E-state index is 12.3. The number of nitrogens with zero attached hydrogens (tertiary/aromatic N) is 1. The third kappa shape index (κ3) is 3.89. The van der Waals surface area contributed by atoms with Crippen LogP contribution in [0.4, 0.5) is 0 Å². The Kier molecular flexibility index (Phi) is 5.38. The minimum Gasteiger partial charge on any atom is -0.480 e. The quantitative estimate of drug-likeness (QED) is 0.703. The van der Waals surface area contributed by atoms with Crippen LogP contribution in [-0.2, 0) is 19.2 Å². The van der Waals surface area contributed by atoms with Gasteiger partial charge in [0.05, 0.1) is 11.8 Å². The van der Waals surface area contributed by atoms with E-state index in [1.807, 2.05) is 13.8 Å². The Balaban J connectivity index is 1.98. The van der Waals surface area contributed by atoms with E-state index in [-0.39, 0.29) is 36.1 Å². The number of likely N-dealkylation sites (tertiary alicyclic amines) is 1. The van der Waals surface area contributed by atoms with E-state index < -0.39 is 17.9 Å². The van der Waals surface area contributed by atoms with Crippen molar-refractivity contribution in [3.63, 3.8) is 0 Å². The van der Waals surface area contributed by atoms with Crippen LogP contribution in [0.1, 0.15) is 46.0 Å². The second kappa shape index (κ2) is 7.10. The number of nitrogens with one attached hydrogen (secondary N) is 1. The average Bonchev–Trinajstić information content (AvgIpc) is 2.72. The monoisotopic (exact) mass is 324 g/mol. The largest absolute Gasteiger partial charge is 0.480 e. The molecule has 0 spiro atoms. The summed E-state index contributed by atoms with van der Waals surface area (Å²) in [4.78, 5) is 48.8. The first-order valence-corrected chi connectivity index (χ1v) is 8.18. The lowest BCUT2D eigenvalue weighted by Gasteiger charge is -2.19. The molecule has 0 radical (unpaired) electrons. The van der Waals surface area contributed by atoms with Gasteiger partial charge in [0.25, 0.3) is 0 Å². The van der Waals surface area contributed by atoms with Crippen molar-refractivity contribution >= 4 is 23.7 Å². The van der Waals surface area contributed by atoms with Crippen LogP contribution in [0.3, 0.4) is 0 Å². The van der Waals surface area contributed by atoms with Crippen molar-refractivity contribution in [1.29, 1.82) is 0 Å². The van der Waals surface area contributed by atoms with Crippen LogP contribution < -0.4 is 5.32 Å². The summed E-state index contributed by atoms with van der Waals surface area (Å²) < 4.78 is 0. The fraction of sp³-hybridized carbons (Fsp3) is 0.750. The molecule has 1 aliphatic heterocycles. The van der Waals surface area contributed by atoms with Gasteiger partial charge in [0.2, 0.25) is 17.7 Å². The lowest BCUT2D eigenvalue weighted by atomic mass is 9.81. The maximum atomic E-state index is 12.3. The second-order valence-corrected chi connectivity index (χ2v) is 6.85. The number of carbonyl (C=O) groups is 4. The van der Waals surface area contributed by atoms with E-state index in [0.717, 1.165) is 17.7 Å². The van der Waals surface area contributed by atoms with Gasteiger partial charge < -0.3 is 10.4 Å². The number of carboxylic acid groups (broad SMARTS) is 1. The summed E-state index contributed by atoms with van der Waals surface area (Å²) in [5.74, 6) is -2.77. The number of imide groups is 1. The molecule has 7 heteroatoms. The van der Waals surface area contributed by atoms with Crippen LogP contribution in [0.15, 0.2) is 0 Å². The zero-order valence-electron chi connectivity index (χ0n) is 13.6. The molecule has 2 unspecified atom stereocenters. The molecule has 1 saturated carbocycles. The highest BCUT2D eigenvalue weighted by molar-refractivity contribution is 6.07. The maximum Gasteiger partial charge on any atom is 0.326 e. The van der Waals surface area contributed by atoms with Crippen LogP contribution >= 0.6 is 0 Å². The van der Waals surface area contributed by atoms with Gasteiger partial charge in [-0.25, -0.2) is 4.79 Å². The van der Waals surface area contributed by atoms with E-state index in [9.17, 15) is 19.2 Å². The molecule has 1 saturated heterocycles. The molecule has 0 bridgehead atoms. The Hall–Kier alpha value is -1.92. The molecule has 0 aromatic rings. The second-order valence-electron chi connectivity index (χ2n) is 6.85. The predicted octanol–water partition coefficient (Wildman–Crippen LogP) is 0.777. The molecule has 0 aromatic carbocycles. The third-order valence-electron chi connectivity index (χ3n) is 4.57. The Bertz CT molecular complexity index is 493. The summed E-state index contributed by atoms with van der Waals surface area (Å²) in [5.41, 5.74) is 0. The van der Waals surface area contributed by atoms with Gasteiger partial charge in [0.1, 0.15) is 12.6 Å². The van der Waals surface area contributed by atoms with Gasteiger partial charge in [0.15, 0.2) is 0 Å². The van der Waals surface area contributed by atoms with Crippen LogP contribution in [0.2, 0.25) is 0 Å². The topological polar surface area (TPSA) is 104 Å². The van der Waals surface area contributed by atoms with Crippen molar-refractivity contribution in [2.24, 2.45) is 17.8 Å². The fourth-order valence-corrected chi connectivity index (χ4v) is 3.46. The Morgan fingerprint density at radius 3 is 2.13 bits per heavy atom.